The number of nitrogens with zero attached hydrogens (tertiary/aromatic N) is 2. The number of nitrogens with one attached hydrogen (secondary N) is 1. The molecule has 0 radical (unpaired) electrons. The van der Waals surface area contributed by atoms with Gasteiger partial charge in [-0.2, -0.15) is 0 Å². The van der Waals surface area contributed by atoms with E-state index >= 15 is 0 Å². The minimum Gasteiger partial charge on any atom is -0.372 e. The highest BCUT2D eigenvalue weighted by molar-refractivity contribution is 7.92. The number of sulfonamides is 1. The van der Waals surface area contributed by atoms with Crippen molar-refractivity contribution in [2.24, 2.45) is 5.92 Å². The lowest BCUT2D eigenvalue weighted by atomic mass is 9.98. The average molecular weight is 520 g/mol. The zero-order valence-electron chi connectivity index (χ0n) is 22.1. The first kappa shape index (κ1) is 26.7. The number of hydrogen-bond acceptors (Lipinski definition) is 4. The van der Waals surface area contributed by atoms with E-state index < -0.39 is 10.0 Å². The van der Waals surface area contributed by atoms with Gasteiger partial charge in [0.05, 0.1) is 16.6 Å². The van der Waals surface area contributed by atoms with Gasteiger partial charge in [0.1, 0.15) is 6.54 Å². The Morgan fingerprint density at radius 2 is 1.59 bits per heavy atom. The Bertz CT molecular complexity index is 1310. The van der Waals surface area contributed by atoms with Crippen LogP contribution in [0.1, 0.15) is 49.4 Å². The molecule has 1 aliphatic heterocycles. The molecule has 0 saturated carbocycles. The second-order valence-electron chi connectivity index (χ2n) is 10.2. The molecule has 0 aromatic heterocycles. The highest BCUT2D eigenvalue weighted by atomic mass is 32.2. The van der Waals surface area contributed by atoms with Gasteiger partial charge < -0.3 is 10.2 Å². The largest absolute Gasteiger partial charge is 0.372 e. The van der Waals surface area contributed by atoms with Crippen molar-refractivity contribution in [3.05, 3.63) is 89.5 Å². The second-order valence-corrected chi connectivity index (χ2v) is 12.0. The monoisotopic (exact) mass is 519 g/mol. The minimum absolute atomic E-state index is 0.157. The Kier molecular flexibility index (Phi) is 8.22. The van der Waals surface area contributed by atoms with Crippen molar-refractivity contribution in [3.8, 4) is 0 Å². The summed E-state index contributed by atoms with van der Waals surface area (Å²) in [6.45, 7) is 9.80. The molecule has 1 aliphatic rings. The number of aryl methyl sites for hydroxylation is 2. The van der Waals surface area contributed by atoms with Crippen LogP contribution in [0.3, 0.4) is 0 Å². The molecule has 1 heterocycles. The smallest absolute Gasteiger partial charge is 0.264 e. The van der Waals surface area contributed by atoms with Crippen LogP contribution in [0.4, 0.5) is 11.4 Å². The molecule has 7 heteroatoms. The van der Waals surface area contributed by atoms with E-state index in [1.54, 1.807) is 36.4 Å². The number of carbonyl (C=O) groups excluding carboxylic acids is 1. The van der Waals surface area contributed by atoms with E-state index in [9.17, 15) is 13.2 Å². The molecule has 37 heavy (non-hydrogen) atoms. The molecule has 0 bridgehead atoms. The zero-order chi connectivity index (χ0) is 26.6. The molecule has 1 amide bonds. The van der Waals surface area contributed by atoms with Crippen LogP contribution in [0.25, 0.3) is 0 Å². The van der Waals surface area contributed by atoms with Crippen LogP contribution in [0.2, 0.25) is 0 Å². The van der Waals surface area contributed by atoms with Gasteiger partial charge in [-0.3, -0.25) is 9.10 Å². The summed E-state index contributed by atoms with van der Waals surface area (Å²) in [5.41, 5.74) is 4.41. The minimum atomic E-state index is -3.94. The van der Waals surface area contributed by atoms with E-state index in [1.165, 1.54) is 22.8 Å². The molecule has 0 aliphatic carbocycles. The van der Waals surface area contributed by atoms with E-state index in [-0.39, 0.29) is 23.4 Å². The van der Waals surface area contributed by atoms with Crippen molar-refractivity contribution in [2.75, 3.05) is 28.8 Å². The highest BCUT2D eigenvalue weighted by Crippen LogP contribution is 2.28. The lowest BCUT2D eigenvalue weighted by Crippen LogP contribution is -2.42. The third-order valence-corrected chi connectivity index (χ3v) is 8.97. The molecule has 1 atom stereocenters. The number of carbonyl (C=O) groups is 1. The van der Waals surface area contributed by atoms with Crippen LogP contribution < -0.4 is 14.5 Å². The Morgan fingerprint density at radius 1 is 0.973 bits per heavy atom. The molecule has 3 aromatic rings. The van der Waals surface area contributed by atoms with Gasteiger partial charge in [0, 0.05) is 18.8 Å². The lowest BCUT2D eigenvalue weighted by molar-refractivity contribution is -0.120. The normalized spacial score (nSPS) is 15.3. The quantitative estimate of drug-likeness (QED) is 0.420. The first-order valence-electron chi connectivity index (χ1n) is 12.9. The predicted molar refractivity (Wildman–Crippen MR) is 151 cm³/mol. The summed E-state index contributed by atoms with van der Waals surface area (Å²) in [6.07, 6.45) is 2.41. The van der Waals surface area contributed by atoms with Crippen molar-refractivity contribution in [1.29, 1.82) is 0 Å². The van der Waals surface area contributed by atoms with E-state index in [2.05, 4.69) is 29.3 Å². The summed E-state index contributed by atoms with van der Waals surface area (Å²) in [7, 11) is -3.94. The third-order valence-electron chi connectivity index (χ3n) is 7.20. The Morgan fingerprint density at radius 3 is 2.22 bits per heavy atom. The van der Waals surface area contributed by atoms with Gasteiger partial charge in [0.15, 0.2) is 0 Å². The summed E-state index contributed by atoms with van der Waals surface area (Å²) in [5.74, 6) is 0.417. The molecule has 3 aromatic carbocycles. The number of anilines is 2. The first-order chi connectivity index (χ1) is 17.6. The van der Waals surface area contributed by atoms with Crippen molar-refractivity contribution >= 4 is 27.3 Å². The number of amides is 1. The summed E-state index contributed by atoms with van der Waals surface area (Å²) in [6, 6.07) is 21.9. The number of benzene rings is 3. The van der Waals surface area contributed by atoms with Gasteiger partial charge in [0.2, 0.25) is 5.91 Å². The van der Waals surface area contributed by atoms with Crippen molar-refractivity contribution in [2.45, 2.75) is 51.5 Å². The van der Waals surface area contributed by atoms with Crippen LogP contribution in [-0.4, -0.2) is 34.0 Å². The standard InChI is InChI=1S/C30H37N3O3S/c1-22-9-15-28(16-10-22)37(35,36)33(29-8-6-5-7-24(29)3)21-30(34)31-25(4)26-11-13-27(14-12-26)32-19-17-23(2)18-20-32/h5-16,23,25H,17-21H2,1-4H3,(H,31,34). The van der Waals surface area contributed by atoms with Gasteiger partial charge in [-0.05, 0) is 81.0 Å². The van der Waals surface area contributed by atoms with Gasteiger partial charge in [-0.25, -0.2) is 8.42 Å². The maximum absolute atomic E-state index is 13.6. The molecular formula is C30H37N3O3S. The van der Waals surface area contributed by atoms with Crippen LogP contribution in [0.5, 0.6) is 0 Å². The molecule has 4 rings (SSSR count). The molecule has 1 saturated heterocycles. The van der Waals surface area contributed by atoms with E-state index in [0.29, 0.717) is 5.69 Å². The summed E-state index contributed by atoms with van der Waals surface area (Å²) >= 11 is 0. The molecule has 1 unspecified atom stereocenters. The van der Waals surface area contributed by atoms with Gasteiger partial charge >= 0.3 is 0 Å². The highest BCUT2D eigenvalue weighted by Gasteiger charge is 2.28. The molecule has 0 spiro atoms. The number of para-hydroxylation sites is 1. The Labute approximate surface area is 221 Å². The third kappa shape index (κ3) is 6.34. The zero-order valence-corrected chi connectivity index (χ0v) is 23.0. The fourth-order valence-corrected chi connectivity index (χ4v) is 6.21. The summed E-state index contributed by atoms with van der Waals surface area (Å²) in [5, 5.41) is 2.99. The summed E-state index contributed by atoms with van der Waals surface area (Å²) < 4.78 is 28.5. The van der Waals surface area contributed by atoms with Crippen LogP contribution in [0, 0.1) is 19.8 Å². The first-order valence-corrected chi connectivity index (χ1v) is 14.4. The van der Waals surface area contributed by atoms with Crippen LogP contribution in [0.15, 0.2) is 77.7 Å². The van der Waals surface area contributed by atoms with Gasteiger partial charge in [0.25, 0.3) is 10.0 Å². The maximum atomic E-state index is 13.6. The second kappa shape index (κ2) is 11.4. The SMILES string of the molecule is Cc1ccc(S(=O)(=O)N(CC(=O)NC(C)c2ccc(N3CCC(C)CC3)cc2)c2ccccc2C)cc1. The summed E-state index contributed by atoms with van der Waals surface area (Å²) in [4.78, 5) is 15.7. The molecule has 6 nitrogen and oxygen atoms in total. The van der Waals surface area contributed by atoms with E-state index in [4.69, 9.17) is 0 Å². The molecule has 1 fully saturated rings. The van der Waals surface area contributed by atoms with Crippen molar-refractivity contribution in [1.82, 2.24) is 5.32 Å². The Balaban J connectivity index is 1.50. The van der Waals surface area contributed by atoms with Gasteiger partial charge in [-0.1, -0.05) is 55.0 Å². The topological polar surface area (TPSA) is 69.7 Å². The van der Waals surface area contributed by atoms with Crippen molar-refractivity contribution < 1.29 is 13.2 Å². The molecule has 196 valence electrons. The van der Waals surface area contributed by atoms with Crippen LogP contribution in [-0.2, 0) is 14.8 Å². The van der Waals surface area contributed by atoms with Crippen LogP contribution >= 0.6 is 0 Å². The molecule has 1 N–H and O–H groups in total. The fraction of sp³-hybridized carbons (Fsp3) is 0.367. The Hall–Kier alpha value is -3.32. The number of hydrogen-bond donors (Lipinski definition) is 1. The predicted octanol–water partition coefficient (Wildman–Crippen LogP) is 5.61. The molecular weight excluding hydrogens is 482 g/mol. The van der Waals surface area contributed by atoms with E-state index in [0.717, 1.165) is 35.7 Å². The fourth-order valence-electron chi connectivity index (χ4n) is 4.72. The van der Waals surface area contributed by atoms with E-state index in [1.807, 2.05) is 45.0 Å². The average Bonchev–Trinajstić information content (AvgIpc) is 2.88. The maximum Gasteiger partial charge on any atom is 0.264 e. The number of piperidine rings is 1. The van der Waals surface area contributed by atoms with Crippen molar-refractivity contribution in [3.63, 3.8) is 0 Å². The lowest BCUT2D eigenvalue weighted by Gasteiger charge is -2.32. The number of rotatable bonds is 8. The van der Waals surface area contributed by atoms with Gasteiger partial charge in [-0.15, -0.1) is 0 Å².